The van der Waals surface area contributed by atoms with Crippen LogP contribution in [-0.2, 0) is 9.53 Å². The molecule has 2 aromatic carbocycles. The van der Waals surface area contributed by atoms with Gasteiger partial charge in [-0.25, -0.2) is 9.82 Å². The number of carbonyl (C=O) groups excluding carboxylic acids is 1. The number of hydrogen-bond donors (Lipinski definition) is 4. The second-order valence-corrected chi connectivity index (χ2v) is 6.82. The first-order valence-corrected chi connectivity index (χ1v) is 9.30. The van der Waals surface area contributed by atoms with Crippen LogP contribution >= 0.6 is 0 Å². The molecule has 0 aliphatic carbocycles. The summed E-state index contributed by atoms with van der Waals surface area (Å²) in [5.41, 5.74) is 8.51. The van der Waals surface area contributed by atoms with Crippen molar-refractivity contribution in [2.45, 2.75) is 12.1 Å². The van der Waals surface area contributed by atoms with Gasteiger partial charge in [-0.3, -0.25) is 4.79 Å². The molecule has 7 nitrogen and oxygen atoms in total. The summed E-state index contributed by atoms with van der Waals surface area (Å²) < 4.78 is 19.2. The molecule has 8 heteroatoms. The van der Waals surface area contributed by atoms with E-state index in [1.165, 1.54) is 12.1 Å². The van der Waals surface area contributed by atoms with Gasteiger partial charge in [-0.05, 0) is 41.5 Å². The summed E-state index contributed by atoms with van der Waals surface area (Å²) in [5.74, 6) is -0.868. The normalized spacial score (nSPS) is 21.0. The van der Waals surface area contributed by atoms with Gasteiger partial charge in [-0.15, -0.1) is 0 Å². The van der Waals surface area contributed by atoms with E-state index in [0.717, 1.165) is 18.7 Å². The number of benzene rings is 2. The molecule has 0 aromatic heterocycles. The van der Waals surface area contributed by atoms with E-state index in [4.69, 9.17) is 10.00 Å². The fourth-order valence-corrected chi connectivity index (χ4v) is 3.30. The number of ether oxygens (including phenoxy) is 1. The van der Waals surface area contributed by atoms with Crippen molar-refractivity contribution in [3.8, 4) is 6.07 Å². The third kappa shape index (κ3) is 4.27. The molecule has 29 heavy (non-hydrogen) atoms. The third-order valence-corrected chi connectivity index (χ3v) is 4.88. The fourth-order valence-electron chi connectivity index (χ4n) is 3.30. The zero-order valence-corrected chi connectivity index (χ0v) is 15.5. The average Bonchev–Trinajstić information content (AvgIpc) is 3.26. The monoisotopic (exact) mass is 393 g/mol. The summed E-state index contributed by atoms with van der Waals surface area (Å²) >= 11 is 0. The van der Waals surface area contributed by atoms with E-state index >= 15 is 0 Å². The largest absolute Gasteiger partial charge is 0.371 e. The summed E-state index contributed by atoms with van der Waals surface area (Å²) in [6.45, 7) is 2.31. The van der Waals surface area contributed by atoms with E-state index in [9.17, 15) is 9.18 Å². The van der Waals surface area contributed by atoms with Crippen molar-refractivity contribution in [3.05, 3.63) is 76.7 Å². The minimum absolute atomic E-state index is 0.0201. The van der Waals surface area contributed by atoms with Gasteiger partial charge >= 0.3 is 0 Å². The number of hydrazine groups is 1. The molecule has 1 unspecified atom stereocenters. The van der Waals surface area contributed by atoms with Gasteiger partial charge in [0.2, 0.25) is 0 Å². The topological polar surface area (TPSA) is 98.2 Å². The molecule has 2 aliphatic heterocycles. The second-order valence-electron chi connectivity index (χ2n) is 6.82. The number of halogens is 1. The van der Waals surface area contributed by atoms with Crippen LogP contribution in [0.5, 0.6) is 0 Å². The third-order valence-electron chi connectivity index (χ3n) is 4.88. The zero-order chi connectivity index (χ0) is 20.2. The number of rotatable bonds is 4. The minimum atomic E-state index is -0.568. The Hall–Kier alpha value is -3.25. The molecule has 2 heterocycles. The molecule has 0 spiro atoms. The maximum Gasteiger partial charge on any atom is 0.272 e. The van der Waals surface area contributed by atoms with Crippen molar-refractivity contribution in [1.29, 1.82) is 5.26 Å². The van der Waals surface area contributed by atoms with Crippen LogP contribution in [0, 0.1) is 17.1 Å². The molecule has 0 saturated carbocycles. The number of morpholine rings is 1. The lowest BCUT2D eigenvalue weighted by Crippen LogP contribution is -2.33. The molecule has 1 amide bonds. The SMILES string of the molecule is N#Cc1cc(C2C=C(C(=O)Nc3ccc([C@H]4CNCCO4)cc3)NN2)ccc1F. The van der Waals surface area contributed by atoms with E-state index in [0.29, 0.717) is 23.6 Å². The van der Waals surface area contributed by atoms with Crippen LogP contribution in [0.2, 0.25) is 0 Å². The van der Waals surface area contributed by atoms with Crippen LogP contribution in [-0.4, -0.2) is 25.6 Å². The number of carbonyl (C=O) groups is 1. The summed E-state index contributed by atoms with van der Waals surface area (Å²) in [7, 11) is 0. The molecule has 4 rings (SSSR count). The molecular formula is C21H20FN5O2. The number of nitrogens with zero attached hydrogens (tertiary/aromatic N) is 1. The van der Waals surface area contributed by atoms with Crippen molar-refractivity contribution in [3.63, 3.8) is 0 Å². The molecule has 1 fully saturated rings. The van der Waals surface area contributed by atoms with Crippen LogP contribution in [0.1, 0.15) is 28.8 Å². The van der Waals surface area contributed by atoms with Gasteiger partial charge in [0.05, 0.1) is 24.3 Å². The van der Waals surface area contributed by atoms with Gasteiger partial charge in [0, 0.05) is 18.8 Å². The summed E-state index contributed by atoms with van der Waals surface area (Å²) in [6, 6.07) is 13.3. The fraction of sp³-hybridized carbons (Fsp3) is 0.238. The Morgan fingerprint density at radius 1 is 1.21 bits per heavy atom. The van der Waals surface area contributed by atoms with E-state index in [2.05, 4.69) is 21.5 Å². The summed E-state index contributed by atoms with van der Waals surface area (Å²) in [5, 5.41) is 15.1. The van der Waals surface area contributed by atoms with Crippen LogP contribution in [0.25, 0.3) is 0 Å². The lowest BCUT2D eigenvalue weighted by molar-refractivity contribution is -0.113. The highest BCUT2D eigenvalue weighted by Crippen LogP contribution is 2.23. The second kappa shape index (κ2) is 8.41. The molecule has 0 radical (unpaired) electrons. The Morgan fingerprint density at radius 2 is 2.00 bits per heavy atom. The molecule has 2 aromatic rings. The number of nitriles is 1. The highest BCUT2D eigenvalue weighted by atomic mass is 19.1. The van der Waals surface area contributed by atoms with Crippen molar-refractivity contribution in [2.24, 2.45) is 0 Å². The van der Waals surface area contributed by atoms with E-state index in [1.807, 2.05) is 30.3 Å². The zero-order valence-electron chi connectivity index (χ0n) is 15.5. The van der Waals surface area contributed by atoms with Gasteiger partial charge in [0.15, 0.2) is 0 Å². The van der Waals surface area contributed by atoms with Crippen molar-refractivity contribution < 1.29 is 13.9 Å². The highest BCUT2D eigenvalue weighted by molar-refractivity contribution is 6.03. The predicted molar refractivity (Wildman–Crippen MR) is 105 cm³/mol. The Balaban J connectivity index is 1.41. The molecule has 4 N–H and O–H groups in total. The van der Waals surface area contributed by atoms with Crippen LogP contribution in [0.3, 0.4) is 0 Å². The summed E-state index contributed by atoms with van der Waals surface area (Å²) in [4.78, 5) is 12.5. The molecule has 2 atom stereocenters. The van der Waals surface area contributed by atoms with Crippen molar-refractivity contribution >= 4 is 11.6 Å². The van der Waals surface area contributed by atoms with Gasteiger partial charge in [-0.2, -0.15) is 5.26 Å². The maximum atomic E-state index is 13.5. The number of nitrogens with one attached hydrogen (secondary N) is 4. The Morgan fingerprint density at radius 3 is 2.72 bits per heavy atom. The van der Waals surface area contributed by atoms with Gasteiger partial charge in [0.1, 0.15) is 17.6 Å². The Kier molecular flexibility index (Phi) is 5.53. The molecule has 1 saturated heterocycles. The van der Waals surface area contributed by atoms with Crippen molar-refractivity contribution in [1.82, 2.24) is 16.2 Å². The molecular weight excluding hydrogens is 373 g/mol. The number of hydrogen-bond acceptors (Lipinski definition) is 6. The van der Waals surface area contributed by atoms with E-state index in [1.54, 1.807) is 12.1 Å². The van der Waals surface area contributed by atoms with E-state index < -0.39 is 5.82 Å². The summed E-state index contributed by atoms with van der Waals surface area (Å²) in [6.07, 6.45) is 1.71. The standard InChI is InChI=1S/C21H20FN5O2/c22-17-6-3-14(9-15(17)11-23)18-10-19(27-26-18)21(28)25-16-4-1-13(2-5-16)20-12-24-7-8-29-20/h1-6,9-10,18,20,24,26-27H,7-8,12H2,(H,25,28)/t18?,20-/m1/s1. The number of amides is 1. The van der Waals surface area contributed by atoms with Crippen LogP contribution < -0.4 is 21.5 Å². The molecule has 2 aliphatic rings. The minimum Gasteiger partial charge on any atom is -0.371 e. The van der Waals surface area contributed by atoms with Gasteiger partial charge < -0.3 is 20.8 Å². The van der Waals surface area contributed by atoms with Crippen LogP contribution in [0.4, 0.5) is 10.1 Å². The predicted octanol–water partition coefficient (Wildman–Crippen LogP) is 2.03. The highest BCUT2D eigenvalue weighted by Gasteiger charge is 2.22. The van der Waals surface area contributed by atoms with Gasteiger partial charge in [0.25, 0.3) is 5.91 Å². The average molecular weight is 393 g/mol. The lowest BCUT2D eigenvalue weighted by Gasteiger charge is -2.24. The molecule has 148 valence electrons. The number of anilines is 1. The van der Waals surface area contributed by atoms with E-state index in [-0.39, 0.29) is 23.6 Å². The van der Waals surface area contributed by atoms with Crippen molar-refractivity contribution in [2.75, 3.05) is 25.0 Å². The van der Waals surface area contributed by atoms with Gasteiger partial charge in [-0.1, -0.05) is 18.2 Å². The molecule has 0 bridgehead atoms. The first-order chi connectivity index (χ1) is 14.1. The smallest absolute Gasteiger partial charge is 0.272 e. The Bertz CT molecular complexity index is 978. The quantitative estimate of drug-likeness (QED) is 0.635. The van der Waals surface area contributed by atoms with Crippen LogP contribution in [0.15, 0.2) is 54.2 Å². The lowest BCUT2D eigenvalue weighted by atomic mass is 10.0. The Labute approximate surface area is 167 Å². The maximum absolute atomic E-state index is 13.5. The first kappa shape index (κ1) is 19.1. The first-order valence-electron chi connectivity index (χ1n) is 9.30.